The van der Waals surface area contributed by atoms with E-state index in [4.69, 9.17) is 18.9 Å². The lowest BCUT2D eigenvalue weighted by Crippen LogP contribution is -2.34. The van der Waals surface area contributed by atoms with Crippen LogP contribution in [-0.2, 0) is 10.3 Å². The normalized spacial score (nSPS) is 16.3. The largest absolute Gasteiger partial charge is 0.497 e. The summed E-state index contributed by atoms with van der Waals surface area (Å²) < 4.78 is 23.0. The standard InChI is InChI=1S/C30H26O5/c1-19-24-15-14-23(33-3)18-26(24)28-25(27(19)29(31)34-4)16-17-30(35-28,20-8-6-5-7-9-20)21-10-12-22(32-2)13-11-21/h5-18H,1-4H3. The number of aryl methyl sites for hydroxylation is 1. The van der Waals surface area contributed by atoms with E-state index >= 15 is 0 Å². The molecule has 0 amide bonds. The van der Waals surface area contributed by atoms with Crippen LogP contribution in [0.15, 0.2) is 78.9 Å². The molecule has 1 atom stereocenters. The van der Waals surface area contributed by atoms with Gasteiger partial charge in [0.25, 0.3) is 0 Å². The molecule has 35 heavy (non-hydrogen) atoms. The third kappa shape index (κ3) is 3.60. The van der Waals surface area contributed by atoms with Crippen molar-refractivity contribution in [2.24, 2.45) is 0 Å². The van der Waals surface area contributed by atoms with Crippen molar-refractivity contribution in [1.82, 2.24) is 0 Å². The molecule has 1 aliphatic heterocycles. The van der Waals surface area contributed by atoms with Gasteiger partial charge < -0.3 is 18.9 Å². The molecule has 0 spiro atoms. The number of methoxy groups -OCH3 is 3. The van der Waals surface area contributed by atoms with Gasteiger partial charge in [-0.2, -0.15) is 0 Å². The van der Waals surface area contributed by atoms with Gasteiger partial charge in [0.1, 0.15) is 17.2 Å². The molecule has 0 N–H and O–H groups in total. The van der Waals surface area contributed by atoms with Gasteiger partial charge in [0, 0.05) is 22.1 Å². The van der Waals surface area contributed by atoms with Crippen LogP contribution in [0.2, 0.25) is 0 Å². The summed E-state index contributed by atoms with van der Waals surface area (Å²) in [5.74, 6) is 1.67. The SMILES string of the molecule is COC(=O)c1c2c(c3cc(OC)ccc3c1C)OC(c1ccccc1)(c1ccc(OC)cc1)C=C2. The summed E-state index contributed by atoms with van der Waals surface area (Å²) in [6.07, 6.45) is 3.97. The molecule has 0 saturated carbocycles. The maximum Gasteiger partial charge on any atom is 0.338 e. The molecule has 1 aliphatic rings. The summed E-state index contributed by atoms with van der Waals surface area (Å²) in [7, 11) is 4.67. The van der Waals surface area contributed by atoms with E-state index < -0.39 is 11.6 Å². The van der Waals surface area contributed by atoms with Crippen LogP contribution in [0.5, 0.6) is 17.2 Å². The van der Waals surface area contributed by atoms with Crippen molar-refractivity contribution >= 4 is 22.8 Å². The summed E-state index contributed by atoms with van der Waals surface area (Å²) >= 11 is 0. The summed E-state index contributed by atoms with van der Waals surface area (Å²) in [5.41, 5.74) is 2.99. The summed E-state index contributed by atoms with van der Waals surface area (Å²) in [6.45, 7) is 1.93. The Balaban J connectivity index is 1.83. The lowest BCUT2D eigenvalue weighted by Gasteiger charge is -2.37. The maximum atomic E-state index is 12.9. The maximum absolute atomic E-state index is 12.9. The molecule has 0 bridgehead atoms. The van der Waals surface area contributed by atoms with Crippen molar-refractivity contribution in [3.8, 4) is 17.2 Å². The molecule has 1 heterocycles. The highest BCUT2D eigenvalue weighted by Crippen LogP contribution is 2.48. The minimum Gasteiger partial charge on any atom is -0.497 e. The van der Waals surface area contributed by atoms with Crippen LogP contribution in [0.3, 0.4) is 0 Å². The molecule has 5 nitrogen and oxygen atoms in total. The number of hydrogen-bond acceptors (Lipinski definition) is 5. The Morgan fingerprint density at radius 2 is 1.46 bits per heavy atom. The number of hydrogen-bond donors (Lipinski definition) is 0. The Kier molecular flexibility index (Phi) is 5.69. The quantitative estimate of drug-likeness (QED) is 0.323. The lowest BCUT2D eigenvalue weighted by molar-refractivity contribution is 0.0598. The van der Waals surface area contributed by atoms with Crippen molar-refractivity contribution in [2.45, 2.75) is 12.5 Å². The number of ether oxygens (including phenoxy) is 4. The number of rotatable bonds is 5. The first-order valence-corrected chi connectivity index (χ1v) is 11.3. The number of carbonyl (C=O) groups excluding carboxylic acids is 1. The molecule has 5 heteroatoms. The monoisotopic (exact) mass is 466 g/mol. The molecule has 4 aromatic carbocycles. The van der Waals surface area contributed by atoms with Crippen molar-refractivity contribution < 1.29 is 23.7 Å². The first-order chi connectivity index (χ1) is 17.0. The zero-order chi connectivity index (χ0) is 24.6. The molecule has 0 aromatic heterocycles. The molecule has 176 valence electrons. The second-order valence-corrected chi connectivity index (χ2v) is 8.41. The Morgan fingerprint density at radius 1 is 0.800 bits per heavy atom. The number of carbonyl (C=O) groups is 1. The van der Waals surface area contributed by atoms with E-state index in [0.29, 0.717) is 22.6 Å². The van der Waals surface area contributed by atoms with Gasteiger partial charge in [-0.3, -0.25) is 0 Å². The van der Waals surface area contributed by atoms with E-state index in [1.807, 2.05) is 91.9 Å². The van der Waals surface area contributed by atoms with E-state index in [0.717, 1.165) is 33.2 Å². The van der Waals surface area contributed by atoms with Crippen LogP contribution in [-0.4, -0.2) is 27.3 Å². The third-order valence-electron chi connectivity index (χ3n) is 6.62. The molecule has 0 radical (unpaired) electrons. The van der Waals surface area contributed by atoms with Crippen molar-refractivity contribution in [1.29, 1.82) is 0 Å². The van der Waals surface area contributed by atoms with Gasteiger partial charge in [-0.25, -0.2) is 4.79 Å². The summed E-state index contributed by atoms with van der Waals surface area (Å²) in [5, 5.41) is 1.76. The smallest absolute Gasteiger partial charge is 0.338 e. The minimum absolute atomic E-state index is 0.402. The Bertz CT molecular complexity index is 1440. The van der Waals surface area contributed by atoms with Crippen LogP contribution in [0.25, 0.3) is 16.8 Å². The van der Waals surface area contributed by atoms with Crippen LogP contribution in [0.1, 0.15) is 32.6 Å². The van der Waals surface area contributed by atoms with Gasteiger partial charge in [0.05, 0.1) is 26.9 Å². The van der Waals surface area contributed by atoms with Crippen LogP contribution in [0, 0.1) is 6.92 Å². The zero-order valence-electron chi connectivity index (χ0n) is 20.1. The minimum atomic E-state index is -0.917. The van der Waals surface area contributed by atoms with E-state index in [2.05, 4.69) is 0 Å². The van der Waals surface area contributed by atoms with E-state index in [-0.39, 0.29) is 0 Å². The molecule has 4 aromatic rings. The second kappa shape index (κ2) is 8.84. The van der Waals surface area contributed by atoms with Gasteiger partial charge in [-0.15, -0.1) is 0 Å². The summed E-state index contributed by atoms with van der Waals surface area (Å²) in [4.78, 5) is 12.9. The lowest BCUT2D eigenvalue weighted by atomic mass is 9.82. The first-order valence-electron chi connectivity index (χ1n) is 11.3. The number of esters is 1. The Hall–Kier alpha value is -4.25. The third-order valence-corrected chi connectivity index (χ3v) is 6.62. The van der Waals surface area contributed by atoms with Crippen LogP contribution < -0.4 is 14.2 Å². The fourth-order valence-corrected chi connectivity index (χ4v) is 4.79. The molecule has 0 saturated heterocycles. The molecule has 5 rings (SSSR count). The zero-order valence-corrected chi connectivity index (χ0v) is 20.1. The average molecular weight is 467 g/mol. The fourth-order valence-electron chi connectivity index (χ4n) is 4.79. The fraction of sp³-hybridized carbons (Fsp3) is 0.167. The van der Waals surface area contributed by atoms with E-state index in [9.17, 15) is 4.79 Å². The van der Waals surface area contributed by atoms with Crippen LogP contribution >= 0.6 is 0 Å². The number of fused-ring (bicyclic) bond motifs is 3. The number of benzene rings is 4. The average Bonchev–Trinajstić information content (AvgIpc) is 2.93. The molecule has 0 fully saturated rings. The van der Waals surface area contributed by atoms with Gasteiger partial charge in [0.2, 0.25) is 0 Å². The van der Waals surface area contributed by atoms with Crippen LogP contribution in [0.4, 0.5) is 0 Å². The molecule has 0 aliphatic carbocycles. The molecular weight excluding hydrogens is 440 g/mol. The van der Waals surface area contributed by atoms with Gasteiger partial charge in [-0.1, -0.05) is 48.5 Å². The van der Waals surface area contributed by atoms with Crippen molar-refractivity contribution in [2.75, 3.05) is 21.3 Å². The van der Waals surface area contributed by atoms with Gasteiger partial charge in [0.15, 0.2) is 5.60 Å². The predicted molar refractivity (Wildman–Crippen MR) is 136 cm³/mol. The van der Waals surface area contributed by atoms with Gasteiger partial charge in [-0.05, 0) is 54.3 Å². The van der Waals surface area contributed by atoms with E-state index in [1.165, 1.54) is 7.11 Å². The van der Waals surface area contributed by atoms with E-state index in [1.54, 1.807) is 14.2 Å². The summed E-state index contributed by atoms with van der Waals surface area (Å²) in [6, 6.07) is 23.7. The second-order valence-electron chi connectivity index (χ2n) is 8.41. The Labute approximate surface area is 204 Å². The Morgan fingerprint density at radius 3 is 2.11 bits per heavy atom. The van der Waals surface area contributed by atoms with Crippen molar-refractivity contribution in [3.63, 3.8) is 0 Å². The topological polar surface area (TPSA) is 54.0 Å². The molecule has 1 unspecified atom stereocenters. The highest BCUT2D eigenvalue weighted by molar-refractivity contribution is 6.06. The highest BCUT2D eigenvalue weighted by atomic mass is 16.5. The highest BCUT2D eigenvalue weighted by Gasteiger charge is 2.39. The first kappa shape index (κ1) is 22.5. The molecular formula is C30H26O5. The van der Waals surface area contributed by atoms with Gasteiger partial charge >= 0.3 is 5.97 Å². The van der Waals surface area contributed by atoms with Crippen molar-refractivity contribution in [3.05, 3.63) is 107 Å². The predicted octanol–water partition coefficient (Wildman–Crippen LogP) is 6.30.